The number of urea groups is 4. The molecule has 12 atom stereocenters. The number of likely N-dealkylation sites (N-methyl/N-ethyl adjacent to an activating group) is 4. The molecule has 8 amide bonds. The highest BCUT2D eigenvalue weighted by atomic mass is 19.3. The molecule has 0 radical (unpaired) electrons. The number of ether oxygens (including phenoxy) is 5. The third-order valence-corrected chi connectivity index (χ3v) is 31.7. The zero-order chi connectivity index (χ0) is 104. The van der Waals surface area contributed by atoms with Crippen LogP contribution < -0.4 is 42.5 Å². The monoisotopic (exact) mass is 2040 g/mol. The summed E-state index contributed by atoms with van der Waals surface area (Å²) in [5.41, 5.74) is -2.06. The first-order valence-electron chi connectivity index (χ1n) is 55.0. The Labute approximate surface area is 855 Å². The molecule has 4 aromatic rings. The van der Waals surface area contributed by atoms with E-state index in [-0.39, 0.29) is 96.8 Å². The average molecular weight is 2040 g/mol. The fourth-order valence-corrected chi connectivity index (χ4v) is 23.8. The molecule has 8 fully saturated rings. The fraction of sp³-hybridized carbons (Fsp3) is 0.750. The van der Waals surface area contributed by atoms with Gasteiger partial charge in [-0.25, -0.2) is 54.3 Å². The van der Waals surface area contributed by atoms with Crippen molar-refractivity contribution in [3.63, 3.8) is 0 Å². The zero-order valence-electron chi connectivity index (χ0n) is 88.1. The molecule has 12 rings (SSSR count). The first-order chi connectivity index (χ1) is 69.5. The topological polar surface area (TPSA) is 284 Å². The summed E-state index contributed by atoms with van der Waals surface area (Å²) >= 11 is 0. The normalized spacial score (nSPS) is 21.8. The van der Waals surface area contributed by atoms with Crippen LogP contribution in [0.15, 0.2) is 84.9 Å². The lowest BCUT2D eigenvalue weighted by molar-refractivity contribution is -0.0591. The lowest BCUT2D eigenvalue weighted by Crippen LogP contribution is -2.54. The first kappa shape index (κ1) is 120. The van der Waals surface area contributed by atoms with Crippen LogP contribution >= 0.6 is 0 Å². The Bertz CT molecular complexity index is 4280. The van der Waals surface area contributed by atoms with Gasteiger partial charge in [0.15, 0.2) is 23.3 Å². The Morgan fingerprint density at radius 2 is 0.764 bits per heavy atom. The van der Waals surface area contributed by atoms with Crippen LogP contribution in [0.25, 0.3) is 0 Å². The van der Waals surface area contributed by atoms with E-state index in [1.54, 1.807) is 37.2 Å². The number of halogens is 8. The predicted molar refractivity (Wildman–Crippen MR) is 551 cm³/mol. The second-order valence-corrected chi connectivity index (χ2v) is 42.5. The Balaban J connectivity index is 0.000000214. The highest BCUT2D eigenvalue weighted by molar-refractivity contribution is 5.76. The zero-order valence-corrected chi connectivity index (χ0v) is 88.1. The summed E-state index contributed by atoms with van der Waals surface area (Å²) < 4.78 is 139. The van der Waals surface area contributed by atoms with Gasteiger partial charge in [-0.1, -0.05) is 139 Å². The summed E-state index contributed by atoms with van der Waals surface area (Å²) in [6.07, 6.45) is 35.8. The minimum absolute atomic E-state index is 0.00236. The molecule has 4 aromatic carbocycles. The first-order valence-corrected chi connectivity index (χ1v) is 55.0. The fourth-order valence-electron chi connectivity index (χ4n) is 23.8. The van der Waals surface area contributed by atoms with Gasteiger partial charge in [0.05, 0.1) is 22.9 Å². The lowest BCUT2D eigenvalue weighted by Gasteiger charge is -2.43. The molecule has 4 saturated heterocycles. The molecular weight excluding hydrogens is 1860 g/mol. The molecule has 4 heterocycles. The number of carbonyl (C=O) groups excluding carboxylic acids is 4. The van der Waals surface area contributed by atoms with Crippen LogP contribution in [0.1, 0.15) is 299 Å². The van der Waals surface area contributed by atoms with Crippen LogP contribution in [-0.4, -0.2) is 257 Å². The number of hydrogen-bond donors (Lipinski definition) is 11. The number of hydrogen-bond acceptors (Lipinski definition) is 16. The maximum atomic E-state index is 14.9. The van der Waals surface area contributed by atoms with E-state index in [9.17, 15) is 69.6 Å². The highest BCUT2D eigenvalue weighted by Gasteiger charge is 2.47. The van der Waals surface area contributed by atoms with Gasteiger partial charge in [-0.15, -0.1) is 0 Å². The summed E-state index contributed by atoms with van der Waals surface area (Å²) in [5, 5.41) is 61.4. The lowest BCUT2D eigenvalue weighted by atomic mass is 9.74. The predicted octanol–water partition coefficient (Wildman–Crippen LogP) is 20.2. The highest BCUT2D eigenvalue weighted by Crippen LogP contribution is 2.46. The number of methoxy groups -OCH3 is 3. The van der Waals surface area contributed by atoms with E-state index >= 15 is 0 Å². The van der Waals surface area contributed by atoms with Gasteiger partial charge < -0.3 is 101 Å². The molecule has 4 aliphatic heterocycles. The summed E-state index contributed by atoms with van der Waals surface area (Å²) in [6, 6.07) is 20.4. The summed E-state index contributed by atoms with van der Waals surface area (Å²) in [4.78, 5) is 60.4. The number of aliphatic hydroxyl groups is 3. The van der Waals surface area contributed by atoms with E-state index in [1.165, 1.54) is 108 Å². The van der Waals surface area contributed by atoms with Crippen LogP contribution in [0, 0.1) is 82.2 Å². The van der Waals surface area contributed by atoms with Gasteiger partial charge >= 0.3 is 24.1 Å². The molecule has 0 aromatic heterocycles. The quantitative estimate of drug-likeness (QED) is 0.0145. The maximum absolute atomic E-state index is 14.9. The van der Waals surface area contributed by atoms with Crippen molar-refractivity contribution in [2.75, 3.05) is 168 Å². The molecule has 4 saturated carbocycles. The van der Waals surface area contributed by atoms with Crippen molar-refractivity contribution in [3.8, 4) is 0 Å². The molecule has 8 aliphatic rings. The van der Waals surface area contributed by atoms with Crippen LogP contribution in [0.5, 0.6) is 0 Å². The standard InChI is InChI=1S/4C28H45F2N3O3/c1-31-20-25(19-22-12-15-27(29,30)16-13-22)32-26(34)33-17-8-11-24(21-33)28(35,14-6-7-18-36-2)23-9-4-3-5-10-23;1-31-19-24(17-21-9-4-3-5-10-21)32-27(34)33-15-8-11-23(20-33)28(35,14-6-7-16-36-2)22-12-13-25(29)26(30)18-22;1-31-19-24(17-21-9-4-3-5-10-21)32-27(34)33-15-8-11-22(20-33)28(35,14-6-7-16-36-2)25-18-23(29)12-13-26(25)30;1-3-35-15-8-16-36-27(22-12-13-25(29)26(30)18-22)23-11-7-14-33(20-23)28(34)32-24(19-31-2)17-21-9-5-4-6-10-21/h3-5,9-10,22,24-25,31,35H,6-8,11-21H2,1-2H3,(H,32,34);12-13,18,21,23-24,31,35H,3-11,14-17,19-20H2,1-2H3,(H,32,34);12-13,18,21-22,24,31,35H,3-11,14-17,19-20H2,1-2H3,(H,32,34);12-13,18,21,23-24,27,31H,3-11,14-17,19-20H2,1-2H3,(H,32,34)/t24-,25+,28-;23-,24+,28-;22-,24+,28+;23-,24+,27+/m1111/s1. The number of alkyl halides is 2. The summed E-state index contributed by atoms with van der Waals surface area (Å²) in [7, 11) is 12.5. The van der Waals surface area contributed by atoms with E-state index in [0.29, 0.717) is 205 Å². The SMILES string of the molecule is CCOCCCO[C@@H](c1ccc(F)c(F)c1)[C@@H]1CCCN(C(=O)N[C@H](CNC)CC2CCCCC2)C1.CNC[C@H](CC1CCC(F)(F)CC1)NC(=O)N1CCC[C@@H]([C@@](O)(CCCCOC)c2ccccc2)C1.CNC[C@H](CC1CCCCC1)NC(=O)N1CCC[C@@H]([C@@](O)(CCCCOC)c2cc(F)ccc2F)C1.CNC[C@H](CC1CCCCC1)NC(=O)N1CCC[C@@H]([C@@](O)(CCCCOC)c2ccc(F)c(F)c2)C1. The molecule has 0 unspecified atom stereocenters. The van der Waals surface area contributed by atoms with Crippen molar-refractivity contribution in [1.29, 1.82) is 0 Å². The third kappa shape index (κ3) is 39.4. The Hall–Kier alpha value is -7.08. The van der Waals surface area contributed by atoms with E-state index in [0.717, 1.165) is 132 Å². The number of amides is 8. The molecule has 24 nitrogen and oxygen atoms in total. The molecule has 816 valence electrons. The van der Waals surface area contributed by atoms with Crippen LogP contribution in [0.2, 0.25) is 0 Å². The number of nitrogens with zero attached hydrogens (tertiary/aromatic N) is 4. The second-order valence-electron chi connectivity index (χ2n) is 42.5. The maximum Gasteiger partial charge on any atom is 0.317 e. The molecule has 144 heavy (non-hydrogen) atoms. The number of carbonyl (C=O) groups is 4. The molecule has 11 N–H and O–H groups in total. The van der Waals surface area contributed by atoms with Gasteiger partial charge in [0.1, 0.15) is 11.6 Å². The van der Waals surface area contributed by atoms with E-state index in [1.807, 2.05) is 75.2 Å². The number of piperidine rings is 4. The number of unbranched alkanes of at least 4 members (excludes halogenated alkanes) is 3. The largest absolute Gasteiger partial charge is 0.385 e. The number of benzene rings is 4. The summed E-state index contributed by atoms with van der Waals surface area (Å²) in [6.45, 7) is 12.4. The van der Waals surface area contributed by atoms with E-state index in [2.05, 4.69) is 42.5 Å². The van der Waals surface area contributed by atoms with Gasteiger partial charge in [-0.2, -0.15) is 0 Å². The van der Waals surface area contributed by atoms with Crippen molar-refractivity contribution in [2.45, 2.75) is 323 Å². The molecule has 0 bridgehead atoms. The van der Waals surface area contributed by atoms with Crippen molar-refractivity contribution in [1.82, 2.24) is 62.1 Å². The number of likely N-dealkylation sites (tertiary alicyclic amines) is 4. The van der Waals surface area contributed by atoms with Gasteiger partial charge in [0.25, 0.3) is 0 Å². The van der Waals surface area contributed by atoms with Crippen molar-refractivity contribution in [3.05, 3.63) is 142 Å². The minimum atomic E-state index is -2.54. The van der Waals surface area contributed by atoms with Crippen molar-refractivity contribution >= 4 is 24.1 Å². The molecule has 0 spiro atoms. The second kappa shape index (κ2) is 64.5. The van der Waals surface area contributed by atoms with Crippen LogP contribution in [0.3, 0.4) is 0 Å². The molecule has 32 heteroatoms. The third-order valence-electron chi connectivity index (χ3n) is 31.7. The van der Waals surface area contributed by atoms with Gasteiger partial charge in [-0.3, -0.25) is 0 Å². The van der Waals surface area contributed by atoms with Crippen molar-refractivity contribution in [2.24, 2.45) is 47.3 Å². The van der Waals surface area contributed by atoms with E-state index < -0.39 is 69.7 Å². The molecule has 4 aliphatic carbocycles. The van der Waals surface area contributed by atoms with Gasteiger partial charge in [0.2, 0.25) is 5.92 Å². The molecular formula is C112H180F8N12O12. The number of rotatable bonds is 49. The van der Waals surface area contributed by atoms with Gasteiger partial charge in [0, 0.05) is 206 Å². The van der Waals surface area contributed by atoms with E-state index in [4.69, 9.17) is 23.7 Å². The Morgan fingerprint density at radius 1 is 0.389 bits per heavy atom. The Morgan fingerprint density at radius 3 is 1.17 bits per heavy atom. The van der Waals surface area contributed by atoms with Crippen molar-refractivity contribution < 1.29 is 93.3 Å². The minimum Gasteiger partial charge on any atom is -0.385 e. The average Bonchev–Trinajstić information content (AvgIpc) is 0.787. The Kier molecular flexibility index (Phi) is 53.9. The van der Waals surface area contributed by atoms with Gasteiger partial charge in [-0.05, 0) is 272 Å². The summed E-state index contributed by atoms with van der Waals surface area (Å²) in [5.74, 6) is -5.94. The van der Waals surface area contributed by atoms with Crippen LogP contribution in [0.4, 0.5) is 54.3 Å². The van der Waals surface area contributed by atoms with Crippen LogP contribution in [-0.2, 0) is 40.5 Å². The smallest absolute Gasteiger partial charge is 0.317 e. The number of nitrogens with one attached hydrogen (secondary N) is 8.